The van der Waals surface area contributed by atoms with E-state index in [0.29, 0.717) is 12.0 Å². The van der Waals surface area contributed by atoms with E-state index >= 15 is 0 Å². The molecule has 54 valence electrons. The van der Waals surface area contributed by atoms with Gasteiger partial charge in [0.15, 0.2) is 0 Å². The first-order chi connectivity index (χ1) is 4.72. The van der Waals surface area contributed by atoms with Crippen molar-refractivity contribution >= 4 is 5.97 Å². The molecule has 0 aliphatic rings. The molecule has 0 spiro atoms. The molecule has 0 fully saturated rings. The van der Waals surface area contributed by atoms with Crippen molar-refractivity contribution in [3.63, 3.8) is 0 Å². The third-order valence-corrected chi connectivity index (χ3v) is 0.870. The summed E-state index contributed by atoms with van der Waals surface area (Å²) in [6.07, 6.45) is 3.12. The molecule has 0 aliphatic carbocycles. The number of carbonyl (C=O) groups excluding carboxylic acids is 1. The van der Waals surface area contributed by atoms with Gasteiger partial charge >= 0.3 is 5.97 Å². The number of esters is 1. The Kier molecular flexibility index (Phi) is 3.96. The van der Waals surface area contributed by atoms with E-state index in [4.69, 9.17) is 0 Å². The minimum Gasteiger partial charge on any atom is -0.432 e. The first-order valence-electron chi connectivity index (χ1n) is 2.83. The minimum atomic E-state index is -0.449. The van der Waals surface area contributed by atoms with Crippen LogP contribution in [-0.4, -0.2) is 5.97 Å². The average molecular weight is 138 g/mol. The Morgan fingerprint density at radius 2 is 2.10 bits per heavy atom. The summed E-state index contributed by atoms with van der Waals surface area (Å²) in [6.45, 7) is 10.2. The summed E-state index contributed by atoms with van der Waals surface area (Å²) in [7, 11) is 0. The van der Waals surface area contributed by atoms with Crippen LogP contribution in [0.3, 0.4) is 0 Å². The van der Waals surface area contributed by atoms with E-state index in [1.807, 2.05) is 0 Å². The Hall–Kier alpha value is -1.31. The summed E-state index contributed by atoms with van der Waals surface area (Å²) < 4.78 is 4.43. The van der Waals surface area contributed by atoms with Gasteiger partial charge < -0.3 is 4.74 Å². The van der Waals surface area contributed by atoms with Crippen LogP contribution in [0.25, 0.3) is 0 Å². The Morgan fingerprint density at radius 3 is 2.50 bits per heavy atom. The van der Waals surface area contributed by atoms with Crippen LogP contribution < -0.4 is 0 Å². The Bertz CT molecular complexity index is 148. The second kappa shape index (κ2) is 4.56. The van der Waals surface area contributed by atoms with Crippen molar-refractivity contribution in [1.82, 2.24) is 0 Å². The molecule has 2 heteroatoms. The molecule has 10 heavy (non-hydrogen) atoms. The molecular formula is C8H10O2. The minimum absolute atomic E-state index is 0.384. The van der Waals surface area contributed by atoms with Gasteiger partial charge in [-0.05, 0) is 6.42 Å². The zero-order valence-electron chi connectivity index (χ0n) is 5.80. The lowest BCUT2D eigenvalue weighted by atomic mass is 10.2. The maximum atomic E-state index is 10.7. The summed E-state index contributed by atoms with van der Waals surface area (Å²) in [6, 6.07) is 0. The fourth-order valence-corrected chi connectivity index (χ4v) is 0.417. The van der Waals surface area contributed by atoms with Crippen LogP contribution in [0.5, 0.6) is 0 Å². The molecule has 0 atom stereocenters. The zero-order chi connectivity index (χ0) is 7.98. The monoisotopic (exact) mass is 138 g/mol. The number of rotatable bonds is 4. The van der Waals surface area contributed by atoms with Gasteiger partial charge in [0, 0.05) is 5.57 Å². The lowest BCUT2D eigenvalue weighted by Crippen LogP contribution is -2.01. The highest BCUT2D eigenvalue weighted by atomic mass is 16.5. The summed E-state index contributed by atoms with van der Waals surface area (Å²) in [4.78, 5) is 10.7. The molecule has 0 bridgehead atoms. The summed E-state index contributed by atoms with van der Waals surface area (Å²) in [5.74, 6) is -0.449. The van der Waals surface area contributed by atoms with E-state index in [0.717, 1.165) is 6.26 Å². The van der Waals surface area contributed by atoms with Gasteiger partial charge in [-0.1, -0.05) is 19.2 Å². The van der Waals surface area contributed by atoms with E-state index in [1.165, 1.54) is 0 Å². The highest BCUT2D eigenvalue weighted by molar-refractivity contribution is 5.88. The van der Waals surface area contributed by atoms with E-state index in [-0.39, 0.29) is 0 Å². The van der Waals surface area contributed by atoms with Crippen molar-refractivity contribution in [3.8, 4) is 0 Å². The zero-order valence-corrected chi connectivity index (χ0v) is 5.80. The molecule has 0 N–H and O–H groups in total. The fourth-order valence-electron chi connectivity index (χ4n) is 0.417. The van der Waals surface area contributed by atoms with Gasteiger partial charge in [0.2, 0.25) is 0 Å². The van der Waals surface area contributed by atoms with Crippen molar-refractivity contribution < 1.29 is 9.53 Å². The topological polar surface area (TPSA) is 26.3 Å². The summed E-state index contributed by atoms with van der Waals surface area (Å²) >= 11 is 0. The second-order valence-corrected chi connectivity index (χ2v) is 1.67. The quantitative estimate of drug-likeness (QED) is 0.256. The van der Waals surface area contributed by atoms with Gasteiger partial charge in [-0.3, -0.25) is 0 Å². The smallest absolute Gasteiger partial charge is 0.338 e. The van der Waals surface area contributed by atoms with Gasteiger partial charge in [0.05, 0.1) is 6.26 Å². The molecule has 0 rings (SSSR count). The van der Waals surface area contributed by atoms with E-state index in [2.05, 4.69) is 24.5 Å². The Labute approximate surface area is 60.5 Å². The van der Waals surface area contributed by atoms with Gasteiger partial charge in [-0.2, -0.15) is 0 Å². The van der Waals surface area contributed by atoms with Crippen LogP contribution in [0.1, 0.15) is 6.42 Å². The third kappa shape index (κ3) is 2.87. The fraction of sp³-hybridized carbons (Fsp3) is 0.125. The van der Waals surface area contributed by atoms with Crippen LogP contribution in [-0.2, 0) is 9.53 Å². The lowest BCUT2D eigenvalue weighted by Gasteiger charge is -1.97. The second-order valence-electron chi connectivity index (χ2n) is 1.67. The van der Waals surface area contributed by atoms with Crippen molar-refractivity contribution in [1.29, 1.82) is 0 Å². The van der Waals surface area contributed by atoms with Gasteiger partial charge in [-0.25, -0.2) is 4.79 Å². The van der Waals surface area contributed by atoms with E-state index in [1.54, 1.807) is 6.08 Å². The normalized spacial score (nSPS) is 8.00. The Morgan fingerprint density at radius 1 is 1.50 bits per heavy atom. The molecule has 0 aliphatic heterocycles. The summed E-state index contributed by atoms with van der Waals surface area (Å²) in [5.41, 5.74) is 0.384. The maximum Gasteiger partial charge on any atom is 0.338 e. The van der Waals surface area contributed by atoms with Crippen LogP contribution in [0.4, 0.5) is 0 Å². The van der Waals surface area contributed by atoms with Crippen molar-refractivity contribution in [2.24, 2.45) is 0 Å². The van der Waals surface area contributed by atoms with Gasteiger partial charge in [0.25, 0.3) is 0 Å². The van der Waals surface area contributed by atoms with E-state index < -0.39 is 5.97 Å². The van der Waals surface area contributed by atoms with Gasteiger partial charge in [0.1, 0.15) is 0 Å². The molecule has 0 saturated heterocycles. The first-order valence-corrected chi connectivity index (χ1v) is 2.83. The molecule has 0 radical (unpaired) electrons. The highest BCUT2D eigenvalue weighted by Crippen LogP contribution is 2.00. The van der Waals surface area contributed by atoms with Crippen LogP contribution in [0, 0.1) is 0 Å². The molecular weight excluding hydrogens is 128 g/mol. The maximum absolute atomic E-state index is 10.7. The number of allylic oxidation sites excluding steroid dienone is 1. The molecule has 0 amide bonds. The van der Waals surface area contributed by atoms with Crippen molar-refractivity contribution in [2.45, 2.75) is 6.42 Å². The van der Waals surface area contributed by atoms with Gasteiger partial charge in [-0.15, -0.1) is 6.58 Å². The van der Waals surface area contributed by atoms with Crippen LogP contribution in [0.15, 0.2) is 37.6 Å². The third-order valence-electron chi connectivity index (χ3n) is 0.870. The number of carbonyl (C=O) groups is 1. The molecule has 2 nitrogen and oxygen atoms in total. The predicted molar refractivity (Wildman–Crippen MR) is 40.2 cm³/mol. The summed E-state index contributed by atoms with van der Waals surface area (Å²) in [5, 5.41) is 0. The molecule has 0 saturated carbocycles. The molecule has 0 aromatic rings. The molecule has 0 aromatic heterocycles. The average Bonchev–Trinajstić information content (AvgIpc) is 1.89. The van der Waals surface area contributed by atoms with Crippen LogP contribution >= 0.6 is 0 Å². The number of hydrogen-bond acceptors (Lipinski definition) is 2. The van der Waals surface area contributed by atoms with Crippen molar-refractivity contribution in [3.05, 3.63) is 37.6 Å². The van der Waals surface area contributed by atoms with Crippen LogP contribution in [0.2, 0.25) is 0 Å². The first kappa shape index (κ1) is 8.69. The molecule has 0 aromatic carbocycles. The SMILES string of the molecule is C=CCC(=C)C(=O)OC=C. The Balaban J connectivity index is 3.81. The predicted octanol–water partition coefficient (Wildman–Crippen LogP) is 1.81. The highest BCUT2D eigenvalue weighted by Gasteiger charge is 2.03. The van der Waals surface area contributed by atoms with E-state index in [9.17, 15) is 4.79 Å². The van der Waals surface area contributed by atoms with Crippen molar-refractivity contribution in [2.75, 3.05) is 0 Å². The molecule has 0 heterocycles. The number of ether oxygens (including phenoxy) is 1. The molecule has 0 unspecified atom stereocenters. The largest absolute Gasteiger partial charge is 0.432 e. The lowest BCUT2D eigenvalue weighted by molar-refractivity contribution is -0.133. The number of hydrogen-bond donors (Lipinski definition) is 0. The standard InChI is InChI=1S/C8H10O2/c1-4-6-7(3)8(9)10-5-2/h4-5H,1-3,6H2.